The number of hydrogen-bond acceptors (Lipinski definition) is 4. The maximum absolute atomic E-state index is 13.2. The number of fused-ring (bicyclic) bond motifs is 1. The number of benzene rings is 1. The van der Waals surface area contributed by atoms with E-state index in [1.165, 1.54) is 31.4 Å². The Labute approximate surface area is 120 Å². The fraction of sp³-hybridized carbons (Fsp3) is 0.500. The van der Waals surface area contributed by atoms with Gasteiger partial charge in [0, 0.05) is 17.4 Å². The lowest BCUT2D eigenvalue weighted by Gasteiger charge is -2.19. The van der Waals surface area contributed by atoms with Crippen molar-refractivity contribution in [1.29, 1.82) is 0 Å². The van der Waals surface area contributed by atoms with E-state index in [9.17, 15) is 4.39 Å². The average molecular weight is 296 g/mol. The SMILES string of the molecule is CCSC1CCCC1Nc1nc2cc(F)ccc2s1. The second-order valence-electron chi connectivity index (χ2n) is 4.81. The van der Waals surface area contributed by atoms with Gasteiger partial charge in [-0.25, -0.2) is 9.37 Å². The molecule has 2 unspecified atom stereocenters. The van der Waals surface area contributed by atoms with E-state index in [1.807, 2.05) is 11.8 Å². The zero-order valence-corrected chi connectivity index (χ0v) is 12.5. The molecule has 0 bridgehead atoms. The number of nitrogens with zero attached hydrogens (tertiary/aromatic N) is 1. The van der Waals surface area contributed by atoms with Crippen LogP contribution in [-0.2, 0) is 0 Å². The first-order valence-corrected chi connectivity index (χ1v) is 8.57. The van der Waals surface area contributed by atoms with Gasteiger partial charge in [-0.05, 0) is 30.7 Å². The zero-order chi connectivity index (χ0) is 13.2. The zero-order valence-electron chi connectivity index (χ0n) is 10.9. The molecule has 2 atom stereocenters. The predicted octanol–water partition coefficient (Wildman–Crippen LogP) is 4.52. The van der Waals surface area contributed by atoms with Gasteiger partial charge in [-0.2, -0.15) is 11.8 Å². The van der Waals surface area contributed by atoms with E-state index in [1.54, 1.807) is 17.4 Å². The molecule has 2 nitrogen and oxygen atoms in total. The number of thioether (sulfide) groups is 1. The predicted molar refractivity (Wildman–Crippen MR) is 82.8 cm³/mol. The summed E-state index contributed by atoms with van der Waals surface area (Å²) >= 11 is 3.64. The molecule has 0 saturated heterocycles. The van der Waals surface area contributed by atoms with E-state index in [-0.39, 0.29) is 5.82 Å². The molecule has 2 aromatic rings. The Kier molecular flexibility index (Phi) is 3.93. The van der Waals surface area contributed by atoms with Gasteiger partial charge in [0.25, 0.3) is 0 Å². The van der Waals surface area contributed by atoms with Gasteiger partial charge in [-0.1, -0.05) is 24.7 Å². The van der Waals surface area contributed by atoms with Crippen LogP contribution in [0.25, 0.3) is 10.2 Å². The first-order chi connectivity index (χ1) is 9.26. The second-order valence-corrected chi connectivity index (χ2v) is 7.35. The third kappa shape index (κ3) is 2.87. The standard InChI is InChI=1S/C14H17FN2S2/c1-2-18-12-5-3-4-10(12)16-14-17-11-8-9(15)6-7-13(11)19-14/h6-8,10,12H,2-5H2,1H3,(H,16,17). The van der Waals surface area contributed by atoms with Crippen molar-refractivity contribution in [1.82, 2.24) is 4.98 Å². The summed E-state index contributed by atoms with van der Waals surface area (Å²) in [5, 5.41) is 5.16. The molecule has 1 fully saturated rings. The quantitative estimate of drug-likeness (QED) is 0.898. The Morgan fingerprint density at radius 1 is 1.47 bits per heavy atom. The monoisotopic (exact) mass is 296 g/mol. The Bertz CT molecular complexity index is 570. The van der Waals surface area contributed by atoms with Crippen LogP contribution in [0.2, 0.25) is 0 Å². The second kappa shape index (κ2) is 5.67. The van der Waals surface area contributed by atoms with E-state index < -0.39 is 0 Å². The van der Waals surface area contributed by atoms with Gasteiger partial charge in [0.15, 0.2) is 5.13 Å². The number of thiazole rings is 1. The van der Waals surface area contributed by atoms with Crippen molar-refractivity contribution in [2.45, 2.75) is 37.5 Å². The Balaban J connectivity index is 1.77. The van der Waals surface area contributed by atoms with Crippen LogP contribution >= 0.6 is 23.1 Å². The van der Waals surface area contributed by atoms with Crippen molar-refractivity contribution in [2.24, 2.45) is 0 Å². The smallest absolute Gasteiger partial charge is 0.184 e. The molecule has 1 saturated carbocycles. The van der Waals surface area contributed by atoms with Crippen LogP contribution in [0, 0.1) is 5.82 Å². The van der Waals surface area contributed by atoms with Crippen LogP contribution in [0.5, 0.6) is 0 Å². The summed E-state index contributed by atoms with van der Waals surface area (Å²) < 4.78 is 14.2. The fourth-order valence-electron chi connectivity index (χ4n) is 2.63. The maximum Gasteiger partial charge on any atom is 0.184 e. The fourth-order valence-corrected chi connectivity index (χ4v) is 4.73. The van der Waals surface area contributed by atoms with Crippen molar-refractivity contribution in [3.63, 3.8) is 0 Å². The number of nitrogens with one attached hydrogen (secondary N) is 1. The number of halogens is 1. The molecule has 1 aliphatic rings. The molecule has 102 valence electrons. The maximum atomic E-state index is 13.2. The van der Waals surface area contributed by atoms with Crippen molar-refractivity contribution < 1.29 is 4.39 Å². The number of anilines is 1. The molecular formula is C14H17FN2S2. The van der Waals surface area contributed by atoms with Crippen LogP contribution < -0.4 is 5.32 Å². The van der Waals surface area contributed by atoms with Crippen molar-refractivity contribution in [3.8, 4) is 0 Å². The molecule has 1 aromatic heterocycles. The van der Waals surface area contributed by atoms with Crippen LogP contribution in [0.4, 0.5) is 9.52 Å². The van der Waals surface area contributed by atoms with Crippen molar-refractivity contribution in [2.75, 3.05) is 11.1 Å². The van der Waals surface area contributed by atoms with Crippen LogP contribution in [0.3, 0.4) is 0 Å². The normalized spacial score (nSPS) is 23.1. The van der Waals surface area contributed by atoms with Gasteiger partial charge in [-0.15, -0.1) is 0 Å². The van der Waals surface area contributed by atoms with Crippen molar-refractivity contribution in [3.05, 3.63) is 24.0 Å². The van der Waals surface area contributed by atoms with E-state index >= 15 is 0 Å². The third-order valence-corrected chi connectivity index (χ3v) is 5.79. The lowest BCUT2D eigenvalue weighted by atomic mass is 10.2. The Morgan fingerprint density at radius 2 is 2.37 bits per heavy atom. The topological polar surface area (TPSA) is 24.9 Å². The van der Waals surface area contributed by atoms with E-state index in [0.717, 1.165) is 21.1 Å². The molecule has 1 N–H and O–H groups in total. The van der Waals surface area contributed by atoms with Gasteiger partial charge in [-0.3, -0.25) is 0 Å². The molecular weight excluding hydrogens is 279 g/mol. The minimum atomic E-state index is -0.218. The number of rotatable bonds is 4. The molecule has 1 aromatic carbocycles. The highest BCUT2D eigenvalue weighted by atomic mass is 32.2. The van der Waals surface area contributed by atoms with E-state index in [4.69, 9.17) is 0 Å². The summed E-state index contributed by atoms with van der Waals surface area (Å²) in [4.78, 5) is 4.49. The summed E-state index contributed by atoms with van der Waals surface area (Å²) in [6, 6.07) is 5.32. The van der Waals surface area contributed by atoms with Crippen molar-refractivity contribution >= 4 is 38.4 Å². The van der Waals surface area contributed by atoms with E-state index in [2.05, 4.69) is 17.2 Å². The highest BCUT2D eigenvalue weighted by Crippen LogP contribution is 2.34. The van der Waals surface area contributed by atoms with Gasteiger partial charge >= 0.3 is 0 Å². The highest BCUT2D eigenvalue weighted by Gasteiger charge is 2.27. The average Bonchev–Trinajstić information content (AvgIpc) is 2.97. The highest BCUT2D eigenvalue weighted by molar-refractivity contribution is 7.99. The molecule has 3 rings (SSSR count). The molecule has 0 spiro atoms. The minimum Gasteiger partial charge on any atom is -0.358 e. The van der Waals surface area contributed by atoms with Gasteiger partial charge in [0.2, 0.25) is 0 Å². The van der Waals surface area contributed by atoms with Crippen LogP contribution in [0.15, 0.2) is 18.2 Å². The molecule has 0 aliphatic heterocycles. The molecule has 5 heteroatoms. The van der Waals surface area contributed by atoms with Crippen LogP contribution in [0.1, 0.15) is 26.2 Å². The first kappa shape index (κ1) is 13.2. The summed E-state index contributed by atoms with van der Waals surface area (Å²) in [5.41, 5.74) is 0.755. The minimum absolute atomic E-state index is 0.218. The molecule has 19 heavy (non-hydrogen) atoms. The van der Waals surface area contributed by atoms with Gasteiger partial charge < -0.3 is 5.32 Å². The third-order valence-electron chi connectivity index (χ3n) is 3.49. The van der Waals surface area contributed by atoms with Gasteiger partial charge in [0.1, 0.15) is 5.82 Å². The lowest BCUT2D eigenvalue weighted by molar-refractivity contribution is 0.629. The number of aromatic nitrogens is 1. The molecule has 1 aliphatic carbocycles. The summed E-state index contributed by atoms with van der Waals surface area (Å²) in [5.74, 6) is 0.943. The summed E-state index contributed by atoms with van der Waals surface area (Å²) in [7, 11) is 0. The van der Waals surface area contributed by atoms with Gasteiger partial charge in [0.05, 0.1) is 10.2 Å². The molecule has 0 radical (unpaired) electrons. The summed E-state index contributed by atoms with van der Waals surface area (Å²) in [6.45, 7) is 2.21. The number of hydrogen-bond donors (Lipinski definition) is 1. The largest absolute Gasteiger partial charge is 0.358 e. The Morgan fingerprint density at radius 3 is 3.21 bits per heavy atom. The van der Waals surface area contributed by atoms with Crippen LogP contribution in [-0.4, -0.2) is 22.0 Å². The Hall–Kier alpha value is -0.810. The van der Waals surface area contributed by atoms with E-state index in [0.29, 0.717) is 11.3 Å². The molecule has 1 heterocycles. The first-order valence-electron chi connectivity index (χ1n) is 6.70. The molecule has 0 amide bonds. The lowest BCUT2D eigenvalue weighted by Crippen LogP contribution is -2.26. The summed E-state index contributed by atoms with van der Waals surface area (Å²) in [6.07, 6.45) is 3.78.